The van der Waals surface area contributed by atoms with Crippen LogP contribution >= 0.6 is 0 Å². The highest BCUT2D eigenvalue weighted by Gasteiger charge is 2.44. The minimum atomic E-state index is -0.350. The standard InChI is InChI=1S/C18H17F2NO2/c19-14-3-1-13(2-4-14)18(9-10-18)12-21-17(22)11-23-16-7-5-15(20)6-8-16/h1-8H,9-12H2,(H,21,22). The van der Waals surface area contributed by atoms with Crippen LogP contribution in [0.2, 0.25) is 0 Å². The number of nitrogens with one attached hydrogen (secondary N) is 1. The van der Waals surface area contributed by atoms with E-state index in [1.807, 2.05) is 0 Å². The summed E-state index contributed by atoms with van der Waals surface area (Å²) in [4.78, 5) is 11.9. The molecule has 0 bridgehead atoms. The molecule has 1 aliphatic rings. The van der Waals surface area contributed by atoms with Gasteiger partial charge in [0.1, 0.15) is 17.4 Å². The van der Waals surface area contributed by atoms with E-state index < -0.39 is 0 Å². The van der Waals surface area contributed by atoms with Gasteiger partial charge in [0, 0.05) is 12.0 Å². The quantitative estimate of drug-likeness (QED) is 0.888. The number of amides is 1. The number of rotatable bonds is 6. The Kier molecular flexibility index (Phi) is 4.28. The van der Waals surface area contributed by atoms with Crippen molar-refractivity contribution >= 4 is 5.91 Å². The van der Waals surface area contributed by atoms with E-state index in [2.05, 4.69) is 5.32 Å². The molecule has 0 spiro atoms. The van der Waals surface area contributed by atoms with E-state index in [1.165, 1.54) is 36.4 Å². The number of carbonyl (C=O) groups is 1. The molecule has 3 nitrogen and oxygen atoms in total. The summed E-state index contributed by atoms with van der Waals surface area (Å²) < 4.78 is 31.1. The van der Waals surface area contributed by atoms with Crippen LogP contribution < -0.4 is 10.1 Å². The summed E-state index contributed by atoms with van der Waals surface area (Å²) in [7, 11) is 0. The van der Waals surface area contributed by atoms with E-state index in [4.69, 9.17) is 4.74 Å². The maximum atomic E-state index is 13.0. The molecule has 1 fully saturated rings. The summed E-state index contributed by atoms with van der Waals surface area (Å²) >= 11 is 0. The predicted octanol–water partition coefficient (Wildman–Crippen LogP) is 3.19. The van der Waals surface area contributed by atoms with Crippen molar-refractivity contribution < 1.29 is 18.3 Å². The Balaban J connectivity index is 1.49. The fourth-order valence-electron chi connectivity index (χ4n) is 2.52. The van der Waals surface area contributed by atoms with Gasteiger partial charge in [0.05, 0.1) is 0 Å². The molecule has 0 saturated heterocycles. The molecular weight excluding hydrogens is 300 g/mol. The lowest BCUT2D eigenvalue weighted by Gasteiger charge is -2.16. The molecular formula is C18H17F2NO2. The largest absolute Gasteiger partial charge is 0.484 e. The Morgan fingerprint density at radius 1 is 1.00 bits per heavy atom. The Morgan fingerprint density at radius 2 is 1.57 bits per heavy atom. The highest BCUT2D eigenvalue weighted by atomic mass is 19.1. The first-order valence-corrected chi connectivity index (χ1v) is 7.49. The van der Waals surface area contributed by atoms with Crippen molar-refractivity contribution in [2.24, 2.45) is 0 Å². The minimum Gasteiger partial charge on any atom is -0.484 e. The fraction of sp³-hybridized carbons (Fsp3) is 0.278. The van der Waals surface area contributed by atoms with Crippen molar-refractivity contribution in [3.05, 3.63) is 65.7 Å². The van der Waals surface area contributed by atoms with Crippen molar-refractivity contribution in [1.82, 2.24) is 5.32 Å². The van der Waals surface area contributed by atoms with Gasteiger partial charge in [-0.3, -0.25) is 4.79 Å². The molecule has 0 unspecified atom stereocenters. The van der Waals surface area contributed by atoms with Crippen molar-refractivity contribution in [2.45, 2.75) is 18.3 Å². The average Bonchev–Trinajstić information content (AvgIpc) is 3.34. The first-order chi connectivity index (χ1) is 11.1. The van der Waals surface area contributed by atoms with Gasteiger partial charge in [-0.1, -0.05) is 12.1 Å². The van der Waals surface area contributed by atoms with Gasteiger partial charge in [-0.15, -0.1) is 0 Å². The van der Waals surface area contributed by atoms with Gasteiger partial charge in [0.15, 0.2) is 6.61 Å². The van der Waals surface area contributed by atoms with Crippen molar-refractivity contribution in [2.75, 3.05) is 13.2 Å². The van der Waals surface area contributed by atoms with Crippen LogP contribution in [0.5, 0.6) is 5.75 Å². The van der Waals surface area contributed by atoms with Crippen LogP contribution in [0.1, 0.15) is 18.4 Å². The van der Waals surface area contributed by atoms with Crippen molar-refractivity contribution in [3.8, 4) is 5.75 Å². The van der Waals surface area contributed by atoms with Gasteiger partial charge < -0.3 is 10.1 Å². The van der Waals surface area contributed by atoms with E-state index in [0.29, 0.717) is 12.3 Å². The molecule has 5 heteroatoms. The predicted molar refractivity (Wildman–Crippen MR) is 82.2 cm³/mol. The van der Waals surface area contributed by atoms with Gasteiger partial charge >= 0.3 is 0 Å². The Morgan fingerprint density at radius 3 is 2.13 bits per heavy atom. The second-order valence-electron chi connectivity index (χ2n) is 5.81. The van der Waals surface area contributed by atoms with Gasteiger partial charge in [-0.2, -0.15) is 0 Å². The third-order valence-electron chi connectivity index (χ3n) is 4.12. The van der Waals surface area contributed by atoms with Crippen LogP contribution in [0.4, 0.5) is 8.78 Å². The zero-order valence-electron chi connectivity index (χ0n) is 12.5. The summed E-state index contributed by atoms with van der Waals surface area (Å²) in [5, 5.41) is 2.85. The maximum Gasteiger partial charge on any atom is 0.257 e. The molecule has 0 radical (unpaired) electrons. The second-order valence-corrected chi connectivity index (χ2v) is 5.81. The third kappa shape index (κ3) is 3.86. The van der Waals surface area contributed by atoms with E-state index >= 15 is 0 Å². The zero-order valence-corrected chi connectivity index (χ0v) is 12.5. The zero-order chi connectivity index (χ0) is 16.3. The van der Waals surface area contributed by atoms with Crippen LogP contribution in [-0.4, -0.2) is 19.1 Å². The van der Waals surface area contributed by atoms with Crippen LogP contribution in [-0.2, 0) is 10.2 Å². The maximum absolute atomic E-state index is 13.0. The smallest absolute Gasteiger partial charge is 0.257 e. The minimum absolute atomic E-state index is 0.0841. The molecule has 3 rings (SSSR count). The number of carbonyl (C=O) groups excluding carboxylic acids is 1. The molecule has 2 aromatic rings. The average molecular weight is 317 g/mol. The van der Waals surface area contributed by atoms with Crippen LogP contribution in [0.3, 0.4) is 0 Å². The Bertz CT molecular complexity index is 679. The van der Waals surface area contributed by atoms with E-state index in [1.54, 1.807) is 12.1 Å². The molecule has 1 N–H and O–H groups in total. The lowest BCUT2D eigenvalue weighted by Crippen LogP contribution is -2.35. The summed E-state index contributed by atoms with van der Waals surface area (Å²) in [5.41, 5.74) is 0.956. The molecule has 1 aliphatic carbocycles. The van der Waals surface area contributed by atoms with Crippen LogP contribution in [0, 0.1) is 11.6 Å². The van der Waals surface area contributed by atoms with Gasteiger partial charge in [0.25, 0.3) is 5.91 Å². The fourth-order valence-corrected chi connectivity index (χ4v) is 2.52. The topological polar surface area (TPSA) is 38.3 Å². The molecule has 23 heavy (non-hydrogen) atoms. The summed E-state index contributed by atoms with van der Waals surface area (Å²) in [6, 6.07) is 11.9. The number of benzene rings is 2. The molecule has 2 aromatic carbocycles. The molecule has 120 valence electrons. The molecule has 1 amide bonds. The van der Waals surface area contributed by atoms with E-state index in [9.17, 15) is 13.6 Å². The molecule has 0 aliphatic heterocycles. The lowest BCUT2D eigenvalue weighted by molar-refractivity contribution is -0.123. The van der Waals surface area contributed by atoms with Gasteiger partial charge in [-0.05, 0) is 54.8 Å². The van der Waals surface area contributed by atoms with Crippen molar-refractivity contribution in [1.29, 1.82) is 0 Å². The normalized spacial score (nSPS) is 15.0. The van der Waals surface area contributed by atoms with Crippen LogP contribution in [0.25, 0.3) is 0 Å². The van der Waals surface area contributed by atoms with Gasteiger partial charge in [0.2, 0.25) is 0 Å². The summed E-state index contributed by atoms with van der Waals surface area (Å²) in [6.07, 6.45) is 1.94. The van der Waals surface area contributed by atoms with Crippen molar-refractivity contribution in [3.63, 3.8) is 0 Å². The highest BCUT2D eigenvalue weighted by molar-refractivity contribution is 5.77. The number of hydrogen-bond acceptors (Lipinski definition) is 2. The Labute approximate surface area is 133 Å². The number of halogens is 2. The summed E-state index contributed by atoms with van der Waals surface area (Å²) in [6.45, 7) is 0.384. The SMILES string of the molecule is O=C(COc1ccc(F)cc1)NCC1(c2ccc(F)cc2)CC1. The molecule has 1 saturated carbocycles. The molecule has 0 aromatic heterocycles. The first kappa shape index (κ1) is 15.5. The van der Waals surface area contributed by atoms with Gasteiger partial charge in [-0.25, -0.2) is 8.78 Å². The third-order valence-corrected chi connectivity index (χ3v) is 4.12. The van der Waals surface area contributed by atoms with Crippen LogP contribution in [0.15, 0.2) is 48.5 Å². The molecule has 0 atom stereocenters. The highest BCUT2D eigenvalue weighted by Crippen LogP contribution is 2.47. The molecule has 0 heterocycles. The number of ether oxygens (including phenoxy) is 1. The lowest BCUT2D eigenvalue weighted by atomic mass is 9.96. The second kappa shape index (κ2) is 6.36. The summed E-state index contributed by atoms with van der Waals surface area (Å²) in [5.74, 6) is -0.401. The Hall–Kier alpha value is -2.43. The van der Waals surface area contributed by atoms with E-state index in [0.717, 1.165) is 18.4 Å². The monoisotopic (exact) mass is 317 g/mol. The first-order valence-electron chi connectivity index (χ1n) is 7.49. The van der Waals surface area contributed by atoms with E-state index in [-0.39, 0.29) is 29.6 Å². The number of hydrogen-bond donors (Lipinski definition) is 1.